The summed E-state index contributed by atoms with van der Waals surface area (Å²) in [5, 5.41) is 0. The Bertz CT molecular complexity index is 478. The summed E-state index contributed by atoms with van der Waals surface area (Å²) in [7, 11) is 3.77. The van der Waals surface area contributed by atoms with Crippen LogP contribution in [0.2, 0.25) is 0 Å². The molecule has 1 aromatic carbocycles. The monoisotopic (exact) mass is 233 g/mol. The number of hydrogen-bond donors (Lipinski definition) is 0. The Morgan fingerprint density at radius 2 is 2.00 bits per heavy atom. The lowest BCUT2D eigenvalue weighted by molar-refractivity contribution is -0.111. The van der Waals surface area contributed by atoms with Crippen molar-refractivity contribution in [2.45, 2.75) is 6.92 Å². The number of Topliss-reactive ketones (excluding diaryl/α,β-unsaturated/α-hetero) is 1. The third kappa shape index (κ3) is 2.41. The molecular formula is C13H15NO3. The lowest BCUT2D eigenvalue weighted by Crippen LogP contribution is -2.06. The van der Waals surface area contributed by atoms with Crippen molar-refractivity contribution in [1.82, 2.24) is 4.90 Å². The van der Waals surface area contributed by atoms with E-state index >= 15 is 0 Å². The van der Waals surface area contributed by atoms with E-state index in [0.717, 1.165) is 11.3 Å². The summed E-state index contributed by atoms with van der Waals surface area (Å²) in [4.78, 5) is 13.5. The van der Waals surface area contributed by atoms with Crippen molar-refractivity contribution >= 4 is 11.4 Å². The first-order valence-corrected chi connectivity index (χ1v) is 5.37. The van der Waals surface area contributed by atoms with Crippen molar-refractivity contribution in [2.75, 3.05) is 20.9 Å². The lowest BCUT2D eigenvalue weighted by atomic mass is 10.0. The van der Waals surface area contributed by atoms with Crippen molar-refractivity contribution in [3.8, 4) is 11.5 Å². The molecule has 1 heterocycles. The molecule has 4 nitrogen and oxygen atoms in total. The van der Waals surface area contributed by atoms with E-state index in [4.69, 9.17) is 9.47 Å². The predicted octanol–water partition coefficient (Wildman–Crippen LogP) is 1.91. The molecule has 0 saturated heterocycles. The Kier molecular flexibility index (Phi) is 3.04. The van der Waals surface area contributed by atoms with E-state index < -0.39 is 0 Å². The molecule has 17 heavy (non-hydrogen) atoms. The standard InChI is InChI=1S/C13H15NO3/c1-9(15)11(7-14(2)3)10-4-5-12-13(6-10)17-8-16-12/h4-7H,8H2,1-3H3/b11-7+. The van der Waals surface area contributed by atoms with Crippen LogP contribution in [0.4, 0.5) is 0 Å². The minimum absolute atomic E-state index is 0.0255. The van der Waals surface area contributed by atoms with Crippen LogP contribution in [0.3, 0.4) is 0 Å². The molecule has 0 bridgehead atoms. The maximum absolute atomic E-state index is 11.6. The first-order chi connectivity index (χ1) is 8.08. The highest BCUT2D eigenvalue weighted by atomic mass is 16.7. The van der Waals surface area contributed by atoms with Crippen LogP contribution in [0.15, 0.2) is 24.4 Å². The summed E-state index contributed by atoms with van der Waals surface area (Å²) in [6, 6.07) is 5.52. The van der Waals surface area contributed by atoms with E-state index in [1.165, 1.54) is 0 Å². The SMILES string of the molecule is CC(=O)/C(=C\N(C)C)c1ccc2c(c1)OCO2. The minimum atomic E-state index is 0.0255. The summed E-state index contributed by atoms with van der Waals surface area (Å²) in [6.45, 7) is 1.80. The largest absolute Gasteiger partial charge is 0.454 e. The second kappa shape index (κ2) is 4.49. The fourth-order valence-electron chi connectivity index (χ4n) is 1.69. The summed E-state index contributed by atoms with van der Waals surface area (Å²) in [6.07, 6.45) is 1.81. The molecule has 0 spiro atoms. The number of nitrogens with zero attached hydrogens (tertiary/aromatic N) is 1. The average Bonchev–Trinajstić information content (AvgIpc) is 2.72. The number of allylic oxidation sites excluding steroid dienone is 1. The highest BCUT2D eigenvalue weighted by Crippen LogP contribution is 2.34. The molecule has 0 unspecified atom stereocenters. The number of carbonyl (C=O) groups excluding carboxylic acids is 1. The van der Waals surface area contributed by atoms with Crippen LogP contribution in [-0.4, -0.2) is 31.6 Å². The zero-order valence-electron chi connectivity index (χ0n) is 10.2. The van der Waals surface area contributed by atoms with Crippen molar-refractivity contribution < 1.29 is 14.3 Å². The van der Waals surface area contributed by atoms with Crippen molar-refractivity contribution in [2.24, 2.45) is 0 Å². The maximum Gasteiger partial charge on any atom is 0.231 e. The normalized spacial score (nSPS) is 13.7. The van der Waals surface area contributed by atoms with Crippen LogP contribution in [0.5, 0.6) is 11.5 Å². The molecule has 1 aliphatic heterocycles. The number of ketones is 1. The van der Waals surface area contributed by atoms with Crippen LogP contribution in [-0.2, 0) is 4.79 Å². The van der Waals surface area contributed by atoms with Crippen molar-refractivity contribution in [3.05, 3.63) is 30.0 Å². The number of ether oxygens (including phenoxy) is 2. The van der Waals surface area contributed by atoms with Crippen LogP contribution in [0, 0.1) is 0 Å². The van der Waals surface area contributed by atoms with Crippen LogP contribution in [0.25, 0.3) is 5.57 Å². The molecule has 4 heteroatoms. The molecule has 90 valence electrons. The van der Waals surface area contributed by atoms with Gasteiger partial charge in [-0.3, -0.25) is 4.79 Å². The van der Waals surface area contributed by atoms with Crippen LogP contribution < -0.4 is 9.47 Å². The Labute approximate surface area is 100 Å². The minimum Gasteiger partial charge on any atom is -0.454 e. The zero-order valence-corrected chi connectivity index (χ0v) is 10.2. The number of fused-ring (bicyclic) bond motifs is 1. The third-order valence-electron chi connectivity index (χ3n) is 2.45. The number of hydrogen-bond acceptors (Lipinski definition) is 4. The van der Waals surface area contributed by atoms with Crippen LogP contribution >= 0.6 is 0 Å². The summed E-state index contributed by atoms with van der Waals surface area (Å²) in [5.41, 5.74) is 1.50. The van der Waals surface area contributed by atoms with Gasteiger partial charge in [-0.15, -0.1) is 0 Å². The average molecular weight is 233 g/mol. The second-order valence-electron chi connectivity index (χ2n) is 4.13. The predicted molar refractivity (Wildman–Crippen MR) is 64.9 cm³/mol. The molecule has 0 atom stereocenters. The van der Waals surface area contributed by atoms with E-state index in [2.05, 4.69) is 0 Å². The van der Waals surface area contributed by atoms with Gasteiger partial charge in [-0.2, -0.15) is 0 Å². The topological polar surface area (TPSA) is 38.8 Å². The summed E-state index contributed by atoms with van der Waals surface area (Å²) < 4.78 is 10.5. The highest BCUT2D eigenvalue weighted by molar-refractivity contribution is 6.19. The van der Waals surface area contributed by atoms with Crippen molar-refractivity contribution in [3.63, 3.8) is 0 Å². The third-order valence-corrected chi connectivity index (χ3v) is 2.45. The molecule has 1 aliphatic rings. The van der Waals surface area contributed by atoms with Gasteiger partial charge in [-0.1, -0.05) is 6.07 Å². The molecular weight excluding hydrogens is 218 g/mol. The van der Waals surface area contributed by atoms with E-state index in [1.54, 1.807) is 13.1 Å². The molecule has 0 radical (unpaired) electrons. The van der Waals surface area contributed by atoms with Crippen molar-refractivity contribution in [1.29, 1.82) is 0 Å². The van der Waals surface area contributed by atoms with Gasteiger partial charge in [-0.25, -0.2) is 0 Å². The number of rotatable bonds is 3. The van der Waals surface area contributed by atoms with E-state index in [1.807, 2.05) is 37.2 Å². The van der Waals surface area contributed by atoms with Gasteiger partial charge in [-0.05, 0) is 24.6 Å². The van der Waals surface area contributed by atoms with Crippen LogP contribution in [0.1, 0.15) is 12.5 Å². The Balaban J connectivity index is 2.41. The zero-order chi connectivity index (χ0) is 12.4. The van der Waals surface area contributed by atoms with E-state index in [0.29, 0.717) is 11.3 Å². The number of benzene rings is 1. The highest BCUT2D eigenvalue weighted by Gasteiger charge is 2.16. The van der Waals surface area contributed by atoms with Gasteiger partial charge in [0.2, 0.25) is 6.79 Å². The molecule has 0 amide bonds. The fraction of sp³-hybridized carbons (Fsp3) is 0.308. The molecule has 1 aromatic rings. The molecule has 0 N–H and O–H groups in total. The number of carbonyl (C=O) groups is 1. The quantitative estimate of drug-likeness (QED) is 0.747. The van der Waals surface area contributed by atoms with Gasteiger partial charge in [0.05, 0.1) is 0 Å². The van der Waals surface area contributed by atoms with E-state index in [9.17, 15) is 4.79 Å². The Morgan fingerprint density at radius 1 is 1.29 bits per heavy atom. The van der Waals surface area contributed by atoms with Gasteiger partial charge in [0.25, 0.3) is 0 Å². The molecule has 0 saturated carbocycles. The fourth-order valence-corrected chi connectivity index (χ4v) is 1.69. The first-order valence-electron chi connectivity index (χ1n) is 5.37. The smallest absolute Gasteiger partial charge is 0.231 e. The van der Waals surface area contributed by atoms with Gasteiger partial charge >= 0.3 is 0 Å². The first kappa shape index (κ1) is 11.5. The molecule has 0 fully saturated rings. The Hall–Kier alpha value is -1.97. The molecule has 2 rings (SSSR count). The molecule has 0 aromatic heterocycles. The van der Waals surface area contributed by atoms with Gasteiger partial charge in [0, 0.05) is 25.9 Å². The maximum atomic E-state index is 11.6. The lowest BCUT2D eigenvalue weighted by Gasteiger charge is -2.10. The van der Waals surface area contributed by atoms with Gasteiger partial charge < -0.3 is 14.4 Å². The second-order valence-corrected chi connectivity index (χ2v) is 4.13. The summed E-state index contributed by atoms with van der Waals surface area (Å²) in [5.74, 6) is 1.44. The van der Waals surface area contributed by atoms with E-state index in [-0.39, 0.29) is 12.6 Å². The Morgan fingerprint density at radius 3 is 2.65 bits per heavy atom. The molecule has 0 aliphatic carbocycles. The van der Waals surface area contributed by atoms with Gasteiger partial charge in [0.1, 0.15) is 0 Å². The van der Waals surface area contributed by atoms with Gasteiger partial charge in [0.15, 0.2) is 17.3 Å². The summed E-state index contributed by atoms with van der Waals surface area (Å²) >= 11 is 0.